The molecular formula is C30H48N7O10P. The van der Waals surface area contributed by atoms with Gasteiger partial charge in [-0.1, -0.05) is 23.3 Å². The molecule has 0 saturated carbocycles. The molecule has 0 aromatic carbocycles. The Kier molecular flexibility index (Phi) is 13.6. The van der Waals surface area contributed by atoms with Crippen LogP contribution in [-0.4, -0.2) is 98.5 Å². The average Bonchev–Trinajstić information content (AvgIpc) is 3.55. The molecule has 48 heavy (non-hydrogen) atoms. The zero-order chi connectivity index (χ0) is 35.8. The minimum atomic E-state index is -4.28. The van der Waals surface area contributed by atoms with Gasteiger partial charge in [0.2, 0.25) is 11.8 Å². The van der Waals surface area contributed by atoms with Gasteiger partial charge in [-0.3, -0.25) is 18.7 Å². The van der Waals surface area contributed by atoms with Gasteiger partial charge in [0.25, 0.3) is 0 Å². The Morgan fingerprint density at radius 1 is 1.10 bits per heavy atom. The minimum absolute atomic E-state index is 0.0987. The first-order chi connectivity index (χ1) is 22.6. The highest BCUT2D eigenvalue weighted by Crippen LogP contribution is 2.44. The standard InChI is InChI=1S/C30H48N7O10P/c1-9-17(3)11-13-44-26(39)19(5)35-48(42,36-20(6)27(40)45-14-12-18(4)10-2)46-15-21-23(38)30(7,41)28(47-21)37-16-32-22-24(37)33-29(31)34-25(22)43-8/h9-10,16,19-21,23,28,38,41H,11-15H2,1-8H3,(H2,31,33,34)(H2,35,36,42)/b17-9-,18-10+/t19-,20-,21+,23+,28+,30+,48?/m0/s1. The Balaban J connectivity index is 1.79. The van der Waals surface area contributed by atoms with E-state index in [0.717, 1.165) is 11.1 Å². The number of ether oxygens (including phenoxy) is 4. The summed E-state index contributed by atoms with van der Waals surface area (Å²) in [4.78, 5) is 37.9. The summed E-state index contributed by atoms with van der Waals surface area (Å²) in [6.07, 6.45) is 2.09. The van der Waals surface area contributed by atoms with E-state index in [1.807, 2.05) is 39.8 Å². The Labute approximate surface area is 279 Å². The van der Waals surface area contributed by atoms with E-state index < -0.39 is 62.3 Å². The van der Waals surface area contributed by atoms with Crippen molar-refractivity contribution in [1.82, 2.24) is 29.7 Å². The topological polar surface area (TPSA) is 232 Å². The number of nitrogens with two attached hydrogens (primary N) is 1. The fraction of sp³-hybridized carbons (Fsp3) is 0.633. The molecule has 0 radical (unpaired) electrons. The fourth-order valence-electron chi connectivity index (χ4n) is 4.67. The second-order valence-electron chi connectivity index (χ2n) is 11.8. The molecule has 1 fully saturated rings. The Morgan fingerprint density at radius 2 is 1.65 bits per heavy atom. The van der Waals surface area contributed by atoms with E-state index in [0.29, 0.717) is 12.8 Å². The molecule has 3 heterocycles. The van der Waals surface area contributed by atoms with Crippen LogP contribution in [0.3, 0.4) is 0 Å². The number of allylic oxidation sites excluding steroid dienone is 2. The van der Waals surface area contributed by atoms with E-state index in [1.165, 1.54) is 38.8 Å². The van der Waals surface area contributed by atoms with Gasteiger partial charge < -0.3 is 39.4 Å². The largest absolute Gasteiger partial charge is 0.479 e. The molecule has 0 spiro atoms. The van der Waals surface area contributed by atoms with Crippen molar-refractivity contribution in [1.29, 1.82) is 0 Å². The number of hydrogen-bond acceptors (Lipinski definition) is 14. The van der Waals surface area contributed by atoms with Crippen LogP contribution >= 0.6 is 7.67 Å². The van der Waals surface area contributed by atoms with E-state index in [-0.39, 0.29) is 36.2 Å². The average molecular weight is 698 g/mol. The summed E-state index contributed by atoms with van der Waals surface area (Å²) in [6, 6.07) is -2.28. The van der Waals surface area contributed by atoms with Gasteiger partial charge >= 0.3 is 19.6 Å². The van der Waals surface area contributed by atoms with Crippen LogP contribution in [0.15, 0.2) is 29.6 Å². The van der Waals surface area contributed by atoms with Gasteiger partial charge in [0.1, 0.15) is 29.9 Å². The number of rotatable bonds is 17. The number of aromatic nitrogens is 4. The van der Waals surface area contributed by atoms with Crippen molar-refractivity contribution >= 4 is 36.7 Å². The molecule has 6 N–H and O–H groups in total. The van der Waals surface area contributed by atoms with E-state index in [4.69, 9.17) is 29.2 Å². The summed E-state index contributed by atoms with van der Waals surface area (Å²) in [5, 5.41) is 27.7. The highest BCUT2D eigenvalue weighted by molar-refractivity contribution is 7.54. The van der Waals surface area contributed by atoms with Crippen molar-refractivity contribution in [3.05, 3.63) is 29.6 Å². The quantitative estimate of drug-likeness (QED) is 0.0907. The molecule has 7 atom stereocenters. The Hall–Kier alpha value is -3.44. The Morgan fingerprint density at radius 3 is 2.15 bits per heavy atom. The third-order valence-electron chi connectivity index (χ3n) is 7.93. The zero-order valence-corrected chi connectivity index (χ0v) is 29.5. The van der Waals surface area contributed by atoms with Crippen molar-refractivity contribution < 1.29 is 47.8 Å². The minimum Gasteiger partial charge on any atom is -0.479 e. The zero-order valence-electron chi connectivity index (χ0n) is 28.6. The molecule has 0 aliphatic carbocycles. The van der Waals surface area contributed by atoms with Crippen LogP contribution in [0.2, 0.25) is 0 Å². The number of hydrogen-bond donors (Lipinski definition) is 5. The van der Waals surface area contributed by atoms with Crippen molar-refractivity contribution in [3.8, 4) is 5.88 Å². The summed E-state index contributed by atoms with van der Waals surface area (Å²) in [7, 11) is -2.89. The van der Waals surface area contributed by atoms with Crippen LogP contribution in [0.5, 0.6) is 5.88 Å². The lowest BCUT2D eigenvalue weighted by Crippen LogP contribution is -2.45. The molecule has 1 saturated heterocycles. The van der Waals surface area contributed by atoms with Crippen molar-refractivity contribution in [2.45, 2.75) is 97.4 Å². The summed E-state index contributed by atoms with van der Waals surface area (Å²) in [5.41, 5.74) is 6.36. The van der Waals surface area contributed by atoms with Gasteiger partial charge in [-0.25, -0.2) is 15.2 Å². The Bertz CT molecular complexity index is 1500. The van der Waals surface area contributed by atoms with Gasteiger partial charge in [0, 0.05) is 12.8 Å². The monoisotopic (exact) mass is 697 g/mol. The molecule has 0 amide bonds. The maximum absolute atomic E-state index is 14.2. The number of aliphatic hydroxyl groups is 2. The summed E-state index contributed by atoms with van der Waals surface area (Å²) < 4.78 is 43.2. The first-order valence-corrected chi connectivity index (χ1v) is 17.2. The SMILES string of the molecule is C/C=C(/C)CCOC(=O)[C@H](C)NP(=O)(N[C@@H](C)C(=O)OCC/C(C)=C/C)OC[C@H]1O[C@@H](n2cnc3c(OC)nc(N)nc32)[C@](C)(O)[C@@H]1O. The highest BCUT2D eigenvalue weighted by Gasteiger charge is 2.54. The predicted molar refractivity (Wildman–Crippen MR) is 176 cm³/mol. The van der Waals surface area contributed by atoms with Crippen LogP contribution in [-0.2, 0) is 32.9 Å². The van der Waals surface area contributed by atoms with E-state index >= 15 is 0 Å². The van der Waals surface area contributed by atoms with Crippen molar-refractivity contribution in [2.75, 3.05) is 32.7 Å². The van der Waals surface area contributed by atoms with Crippen molar-refractivity contribution in [2.24, 2.45) is 0 Å². The highest BCUT2D eigenvalue weighted by atomic mass is 31.2. The number of fused-ring (bicyclic) bond motifs is 1. The van der Waals surface area contributed by atoms with Gasteiger partial charge in [-0.15, -0.1) is 0 Å². The molecule has 3 rings (SSSR count). The van der Waals surface area contributed by atoms with Crippen LogP contribution in [0.25, 0.3) is 11.2 Å². The number of methoxy groups -OCH3 is 1. The number of carbonyl (C=O) groups is 2. The summed E-state index contributed by atoms with van der Waals surface area (Å²) >= 11 is 0. The molecule has 1 unspecified atom stereocenters. The first kappa shape index (κ1) is 39.0. The van der Waals surface area contributed by atoms with Crippen LogP contribution < -0.4 is 20.6 Å². The maximum Gasteiger partial charge on any atom is 0.342 e. The number of anilines is 1. The van der Waals surface area contributed by atoms with Crippen LogP contribution in [0.4, 0.5) is 5.95 Å². The number of imidazole rings is 1. The lowest BCUT2D eigenvalue weighted by Gasteiger charge is -2.28. The lowest BCUT2D eigenvalue weighted by molar-refractivity contribution is -0.145. The third-order valence-corrected chi connectivity index (χ3v) is 9.90. The normalized spacial score (nSPS) is 24.2. The van der Waals surface area contributed by atoms with Gasteiger partial charge in [-0.2, -0.15) is 9.97 Å². The third kappa shape index (κ3) is 9.59. The molecule has 1 aliphatic rings. The summed E-state index contributed by atoms with van der Waals surface area (Å²) in [5.74, 6) is -1.43. The lowest BCUT2D eigenvalue weighted by atomic mass is 9.96. The number of nitrogens with one attached hydrogen (secondary N) is 2. The second-order valence-corrected chi connectivity index (χ2v) is 13.6. The summed E-state index contributed by atoms with van der Waals surface area (Å²) in [6.45, 7) is 11.4. The molecule has 17 nitrogen and oxygen atoms in total. The van der Waals surface area contributed by atoms with E-state index in [1.54, 1.807) is 0 Å². The molecule has 0 bridgehead atoms. The van der Waals surface area contributed by atoms with Crippen molar-refractivity contribution in [3.63, 3.8) is 0 Å². The van der Waals surface area contributed by atoms with Crippen LogP contribution in [0, 0.1) is 0 Å². The smallest absolute Gasteiger partial charge is 0.342 e. The predicted octanol–water partition coefficient (Wildman–Crippen LogP) is 2.31. The van der Waals surface area contributed by atoms with Gasteiger partial charge in [0.15, 0.2) is 17.4 Å². The molecule has 268 valence electrons. The number of esters is 2. The van der Waals surface area contributed by atoms with Gasteiger partial charge in [-0.05, 0) is 48.5 Å². The number of nitrogen functional groups attached to an aromatic ring is 1. The number of nitrogens with zero attached hydrogens (tertiary/aromatic N) is 4. The van der Waals surface area contributed by atoms with E-state index in [9.17, 15) is 24.4 Å². The fourth-order valence-corrected chi connectivity index (χ4v) is 6.48. The van der Waals surface area contributed by atoms with Crippen LogP contribution in [0.1, 0.15) is 67.5 Å². The molecule has 2 aromatic rings. The molecule has 2 aromatic heterocycles. The van der Waals surface area contributed by atoms with Gasteiger partial charge in [0.05, 0.1) is 33.3 Å². The second kappa shape index (κ2) is 16.8. The number of aliphatic hydroxyl groups excluding tert-OH is 1. The molecule has 18 heteroatoms. The van der Waals surface area contributed by atoms with E-state index in [2.05, 4.69) is 25.1 Å². The molecule has 1 aliphatic heterocycles. The first-order valence-electron chi connectivity index (χ1n) is 15.5. The molecular weight excluding hydrogens is 649 g/mol. The number of carbonyl (C=O) groups excluding carboxylic acids is 2. The maximum atomic E-state index is 14.2.